The Morgan fingerprint density at radius 1 is 1.11 bits per heavy atom. The summed E-state index contributed by atoms with van der Waals surface area (Å²) in [6.07, 6.45) is 7.93. The molecule has 0 spiro atoms. The largest absolute Gasteiger partial charge is 0.367 e. The fourth-order valence-corrected chi connectivity index (χ4v) is 2.90. The van der Waals surface area contributed by atoms with Crippen molar-refractivity contribution in [3.05, 3.63) is 12.4 Å². The summed E-state index contributed by atoms with van der Waals surface area (Å²) in [5.74, 6) is 2.05. The molecule has 5 nitrogen and oxygen atoms in total. The van der Waals surface area contributed by atoms with Crippen molar-refractivity contribution >= 4 is 11.6 Å². The summed E-state index contributed by atoms with van der Waals surface area (Å²) in [6, 6.07) is 2.65. The third-order valence-electron chi connectivity index (χ3n) is 4.02. The molecule has 0 aromatic carbocycles. The fraction of sp³-hybridized carbons (Fsp3) is 0.714. The molecule has 0 radical (unpaired) electrons. The van der Waals surface area contributed by atoms with Gasteiger partial charge in [0, 0.05) is 25.2 Å². The molecule has 0 aliphatic carbocycles. The highest BCUT2D eigenvalue weighted by molar-refractivity contribution is 5.49. The molecule has 2 aliphatic rings. The second-order valence-electron chi connectivity index (χ2n) is 5.48. The molecule has 0 atom stereocenters. The van der Waals surface area contributed by atoms with Gasteiger partial charge in [0.2, 0.25) is 0 Å². The van der Waals surface area contributed by atoms with E-state index in [1.54, 1.807) is 6.33 Å². The van der Waals surface area contributed by atoms with Crippen LogP contribution in [0.3, 0.4) is 0 Å². The maximum absolute atomic E-state index is 4.42. The van der Waals surface area contributed by atoms with Gasteiger partial charge in [0.15, 0.2) is 0 Å². The number of anilines is 2. The van der Waals surface area contributed by atoms with Gasteiger partial charge in [-0.1, -0.05) is 0 Å². The lowest BCUT2D eigenvalue weighted by Crippen LogP contribution is -2.35. The zero-order valence-electron chi connectivity index (χ0n) is 11.4. The van der Waals surface area contributed by atoms with Crippen LogP contribution in [0.2, 0.25) is 0 Å². The summed E-state index contributed by atoms with van der Waals surface area (Å²) in [5, 5.41) is 6.93. The Morgan fingerprint density at radius 3 is 2.68 bits per heavy atom. The van der Waals surface area contributed by atoms with Crippen molar-refractivity contribution in [3.8, 4) is 0 Å². The number of hydrogen-bond donors (Lipinski definition) is 2. The number of aromatic nitrogens is 2. The molecule has 5 heteroatoms. The normalized spacial score (nSPS) is 21.4. The molecule has 2 fully saturated rings. The van der Waals surface area contributed by atoms with Gasteiger partial charge >= 0.3 is 0 Å². The lowest BCUT2D eigenvalue weighted by Gasteiger charge is -2.28. The molecular formula is C14H23N5. The number of hydrogen-bond acceptors (Lipinski definition) is 5. The molecule has 3 rings (SSSR count). The van der Waals surface area contributed by atoms with E-state index >= 15 is 0 Å². The molecule has 2 N–H and O–H groups in total. The summed E-state index contributed by atoms with van der Waals surface area (Å²) in [7, 11) is 0. The summed E-state index contributed by atoms with van der Waals surface area (Å²) in [4.78, 5) is 11.2. The highest BCUT2D eigenvalue weighted by Crippen LogP contribution is 2.20. The molecule has 0 amide bonds. The highest BCUT2D eigenvalue weighted by Gasteiger charge is 2.15. The second kappa shape index (κ2) is 6.19. The minimum atomic E-state index is 0.547. The van der Waals surface area contributed by atoms with Crippen LogP contribution in [0, 0.1) is 0 Å². The smallest absolute Gasteiger partial charge is 0.134 e. The molecule has 0 bridgehead atoms. The zero-order valence-corrected chi connectivity index (χ0v) is 11.4. The van der Waals surface area contributed by atoms with Gasteiger partial charge in [0.1, 0.15) is 18.0 Å². The van der Waals surface area contributed by atoms with E-state index in [1.165, 1.54) is 32.1 Å². The van der Waals surface area contributed by atoms with E-state index in [4.69, 9.17) is 0 Å². The average Bonchev–Trinajstić information content (AvgIpc) is 2.49. The van der Waals surface area contributed by atoms with E-state index in [0.29, 0.717) is 6.04 Å². The topological polar surface area (TPSA) is 53.1 Å². The van der Waals surface area contributed by atoms with Gasteiger partial charge in [-0.05, 0) is 45.2 Å². The number of rotatable bonds is 3. The summed E-state index contributed by atoms with van der Waals surface area (Å²) >= 11 is 0. The fourth-order valence-electron chi connectivity index (χ4n) is 2.90. The first-order valence-electron chi connectivity index (χ1n) is 7.46. The van der Waals surface area contributed by atoms with Gasteiger partial charge in [-0.3, -0.25) is 0 Å². The average molecular weight is 261 g/mol. The van der Waals surface area contributed by atoms with E-state index in [-0.39, 0.29) is 0 Å². The van der Waals surface area contributed by atoms with Crippen molar-refractivity contribution in [2.45, 2.75) is 38.1 Å². The minimum absolute atomic E-state index is 0.547. The van der Waals surface area contributed by atoms with Crippen molar-refractivity contribution in [3.63, 3.8) is 0 Å². The van der Waals surface area contributed by atoms with Gasteiger partial charge < -0.3 is 15.5 Å². The molecule has 2 aliphatic heterocycles. The molecule has 0 saturated carbocycles. The quantitative estimate of drug-likeness (QED) is 0.866. The van der Waals surface area contributed by atoms with Gasteiger partial charge in [0.05, 0.1) is 0 Å². The van der Waals surface area contributed by atoms with Crippen molar-refractivity contribution in [2.75, 3.05) is 36.4 Å². The third kappa shape index (κ3) is 3.35. The van der Waals surface area contributed by atoms with E-state index in [1.807, 2.05) is 0 Å². The van der Waals surface area contributed by atoms with Gasteiger partial charge in [0.25, 0.3) is 0 Å². The first kappa shape index (κ1) is 12.7. The first-order valence-corrected chi connectivity index (χ1v) is 7.46. The molecule has 1 aromatic heterocycles. The maximum Gasteiger partial charge on any atom is 0.134 e. The van der Waals surface area contributed by atoms with Crippen LogP contribution in [-0.4, -0.2) is 42.2 Å². The van der Waals surface area contributed by atoms with Gasteiger partial charge in [-0.25, -0.2) is 9.97 Å². The molecule has 0 unspecified atom stereocenters. The van der Waals surface area contributed by atoms with Crippen molar-refractivity contribution in [1.82, 2.24) is 15.3 Å². The molecule has 1 aromatic rings. The zero-order chi connectivity index (χ0) is 12.9. The lowest BCUT2D eigenvalue weighted by molar-refractivity contribution is 0.478. The maximum atomic E-state index is 4.42. The van der Waals surface area contributed by atoms with E-state index < -0.39 is 0 Å². The van der Waals surface area contributed by atoms with Crippen LogP contribution in [-0.2, 0) is 0 Å². The molecule has 2 saturated heterocycles. The van der Waals surface area contributed by atoms with Crippen molar-refractivity contribution < 1.29 is 0 Å². The van der Waals surface area contributed by atoms with Crippen LogP contribution in [0.5, 0.6) is 0 Å². The first-order chi connectivity index (χ1) is 9.42. The highest BCUT2D eigenvalue weighted by atomic mass is 15.2. The predicted molar refractivity (Wildman–Crippen MR) is 77.6 cm³/mol. The Balaban J connectivity index is 1.64. The Hall–Kier alpha value is -1.36. The van der Waals surface area contributed by atoms with E-state index in [9.17, 15) is 0 Å². The van der Waals surface area contributed by atoms with E-state index in [2.05, 4.69) is 31.6 Å². The van der Waals surface area contributed by atoms with E-state index in [0.717, 1.165) is 37.8 Å². The standard InChI is InChI=1S/C14H23N5/c1-2-8-19(9-3-1)14-10-13(16-11-17-14)18-12-4-6-15-7-5-12/h10-12,15H,1-9H2,(H,16,17,18). The summed E-state index contributed by atoms with van der Waals surface area (Å²) in [6.45, 7) is 4.46. The molecule has 19 heavy (non-hydrogen) atoms. The van der Waals surface area contributed by atoms with Crippen molar-refractivity contribution in [2.24, 2.45) is 0 Å². The van der Waals surface area contributed by atoms with Gasteiger partial charge in [-0.15, -0.1) is 0 Å². The Kier molecular flexibility index (Phi) is 4.13. The Labute approximate surface area is 114 Å². The number of nitrogens with zero attached hydrogens (tertiary/aromatic N) is 3. The molecule has 3 heterocycles. The summed E-state index contributed by atoms with van der Waals surface area (Å²) < 4.78 is 0. The second-order valence-corrected chi connectivity index (χ2v) is 5.48. The van der Waals surface area contributed by atoms with Crippen LogP contribution >= 0.6 is 0 Å². The molecule has 104 valence electrons. The number of nitrogens with one attached hydrogen (secondary N) is 2. The monoisotopic (exact) mass is 261 g/mol. The van der Waals surface area contributed by atoms with Crippen LogP contribution in [0.15, 0.2) is 12.4 Å². The number of piperidine rings is 2. The lowest BCUT2D eigenvalue weighted by atomic mass is 10.1. The SMILES string of the molecule is c1nc(NC2CCNCC2)cc(N2CCCCC2)n1. The van der Waals surface area contributed by atoms with Crippen LogP contribution in [0.25, 0.3) is 0 Å². The summed E-state index contributed by atoms with van der Waals surface area (Å²) in [5.41, 5.74) is 0. The Morgan fingerprint density at radius 2 is 1.89 bits per heavy atom. The predicted octanol–water partition coefficient (Wildman–Crippen LogP) is 1.63. The van der Waals surface area contributed by atoms with Gasteiger partial charge in [-0.2, -0.15) is 0 Å². The minimum Gasteiger partial charge on any atom is -0.367 e. The third-order valence-corrected chi connectivity index (χ3v) is 4.02. The van der Waals surface area contributed by atoms with Crippen LogP contribution in [0.4, 0.5) is 11.6 Å². The van der Waals surface area contributed by atoms with Crippen molar-refractivity contribution in [1.29, 1.82) is 0 Å². The van der Waals surface area contributed by atoms with Crippen LogP contribution in [0.1, 0.15) is 32.1 Å². The Bertz CT molecular complexity index is 397. The van der Waals surface area contributed by atoms with Crippen LogP contribution < -0.4 is 15.5 Å². The molecular weight excluding hydrogens is 238 g/mol.